The van der Waals surface area contributed by atoms with Crippen molar-refractivity contribution < 1.29 is 0 Å². The first-order valence-corrected chi connectivity index (χ1v) is 7.08. The van der Waals surface area contributed by atoms with E-state index in [2.05, 4.69) is 55.4 Å². The first-order valence-electron chi connectivity index (χ1n) is 7.08. The number of benzene rings is 1. The Hall–Kier alpha value is -2.20. The number of aryl methyl sites for hydroxylation is 1. The molecule has 0 saturated carbocycles. The maximum absolute atomic E-state index is 5.68. The van der Waals surface area contributed by atoms with E-state index in [1.807, 2.05) is 13.0 Å². The summed E-state index contributed by atoms with van der Waals surface area (Å²) >= 11 is 0. The van der Waals surface area contributed by atoms with E-state index >= 15 is 0 Å². The van der Waals surface area contributed by atoms with E-state index < -0.39 is 0 Å². The molecule has 3 rings (SSSR count). The SMILES string of the molecule is Cc1ccc2ccc3cc(C(C)(C)C)c(NN)nc3c2n1. The first-order chi connectivity index (χ1) is 9.90. The predicted molar refractivity (Wildman–Crippen MR) is 88.3 cm³/mol. The zero-order valence-electron chi connectivity index (χ0n) is 12.9. The number of hydrogen-bond donors (Lipinski definition) is 2. The molecule has 0 amide bonds. The molecule has 4 nitrogen and oxygen atoms in total. The van der Waals surface area contributed by atoms with E-state index in [4.69, 9.17) is 10.8 Å². The van der Waals surface area contributed by atoms with Gasteiger partial charge in [-0.05, 0) is 24.5 Å². The average Bonchev–Trinajstić information content (AvgIpc) is 2.44. The van der Waals surface area contributed by atoms with Gasteiger partial charge in [0.15, 0.2) is 0 Å². The molecule has 2 aromatic heterocycles. The maximum Gasteiger partial charge on any atom is 0.144 e. The van der Waals surface area contributed by atoms with Gasteiger partial charge in [-0.25, -0.2) is 10.8 Å². The predicted octanol–water partition coefficient (Wildman–Crippen LogP) is 3.67. The van der Waals surface area contributed by atoms with Crippen molar-refractivity contribution in [1.29, 1.82) is 0 Å². The lowest BCUT2D eigenvalue weighted by molar-refractivity contribution is 0.590. The molecule has 0 atom stereocenters. The third-order valence-corrected chi connectivity index (χ3v) is 3.73. The molecule has 0 bridgehead atoms. The van der Waals surface area contributed by atoms with E-state index in [1.54, 1.807) is 0 Å². The second-order valence-electron chi connectivity index (χ2n) is 6.44. The minimum Gasteiger partial charge on any atom is -0.308 e. The lowest BCUT2D eigenvalue weighted by Crippen LogP contribution is -2.19. The van der Waals surface area contributed by atoms with Gasteiger partial charge in [-0.2, -0.15) is 0 Å². The summed E-state index contributed by atoms with van der Waals surface area (Å²) in [4.78, 5) is 9.37. The number of nitrogens with one attached hydrogen (secondary N) is 1. The topological polar surface area (TPSA) is 63.8 Å². The van der Waals surface area contributed by atoms with Gasteiger partial charge in [0, 0.05) is 22.0 Å². The highest BCUT2D eigenvalue weighted by Gasteiger charge is 2.20. The molecule has 3 N–H and O–H groups in total. The summed E-state index contributed by atoms with van der Waals surface area (Å²) in [7, 11) is 0. The molecule has 2 heterocycles. The smallest absolute Gasteiger partial charge is 0.144 e. The standard InChI is InChI=1S/C17H20N4/c1-10-5-6-11-7-8-12-9-13(17(2,3)4)16(21-18)20-15(12)14(11)19-10/h5-9H,18H2,1-4H3,(H,20,21). The van der Waals surface area contributed by atoms with Crippen LogP contribution in [0.3, 0.4) is 0 Å². The highest BCUT2D eigenvalue weighted by atomic mass is 15.3. The third-order valence-electron chi connectivity index (χ3n) is 3.73. The fraction of sp³-hybridized carbons (Fsp3) is 0.294. The number of fused-ring (bicyclic) bond motifs is 3. The normalized spacial score (nSPS) is 12.0. The van der Waals surface area contributed by atoms with E-state index in [1.165, 1.54) is 0 Å². The molecule has 1 aromatic carbocycles. The average molecular weight is 280 g/mol. The molecule has 0 radical (unpaired) electrons. The van der Waals surface area contributed by atoms with Crippen LogP contribution < -0.4 is 11.3 Å². The molecule has 0 fully saturated rings. The lowest BCUT2D eigenvalue weighted by Gasteiger charge is -2.22. The van der Waals surface area contributed by atoms with Gasteiger partial charge in [-0.15, -0.1) is 0 Å². The second-order valence-corrected chi connectivity index (χ2v) is 6.44. The van der Waals surface area contributed by atoms with Crippen molar-refractivity contribution in [3.8, 4) is 0 Å². The highest BCUT2D eigenvalue weighted by molar-refractivity contribution is 6.03. The fourth-order valence-corrected chi connectivity index (χ4v) is 2.60. The largest absolute Gasteiger partial charge is 0.308 e. The lowest BCUT2D eigenvalue weighted by atomic mass is 9.86. The number of nitrogens with two attached hydrogens (primary N) is 1. The van der Waals surface area contributed by atoms with Crippen LogP contribution in [-0.2, 0) is 5.41 Å². The van der Waals surface area contributed by atoms with E-state index in [9.17, 15) is 0 Å². The molecule has 21 heavy (non-hydrogen) atoms. The van der Waals surface area contributed by atoms with Crippen LogP contribution in [0.25, 0.3) is 21.8 Å². The van der Waals surface area contributed by atoms with Crippen LogP contribution in [-0.4, -0.2) is 9.97 Å². The van der Waals surface area contributed by atoms with E-state index in [0.29, 0.717) is 5.82 Å². The number of anilines is 1. The van der Waals surface area contributed by atoms with Crippen molar-refractivity contribution >= 4 is 27.6 Å². The number of nitrogens with zero attached hydrogens (tertiary/aromatic N) is 2. The van der Waals surface area contributed by atoms with Crippen molar-refractivity contribution in [2.24, 2.45) is 5.84 Å². The Kier molecular flexibility index (Phi) is 3.06. The summed E-state index contributed by atoms with van der Waals surface area (Å²) in [6, 6.07) is 10.4. The summed E-state index contributed by atoms with van der Waals surface area (Å²) in [5.74, 6) is 6.39. The number of pyridine rings is 2. The summed E-state index contributed by atoms with van der Waals surface area (Å²) in [6.07, 6.45) is 0. The quantitative estimate of drug-likeness (QED) is 0.405. The van der Waals surface area contributed by atoms with Gasteiger partial charge in [-0.3, -0.25) is 4.98 Å². The molecule has 0 spiro atoms. The van der Waals surface area contributed by atoms with Gasteiger partial charge in [0.1, 0.15) is 5.82 Å². The molecule has 0 aliphatic heterocycles. The Bertz CT molecular complexity index is 831. The van der Waals surface area contributed by atoms with Crippen molar-refractivity contribution in [2.45, 2.75) is 33.1 Å². The molecule has 4 heteroatoms. The minimum absolute atomic E-state index is 0.0299. The van der Waals surface area contributed by atoms with Gasteiger partial charge in [-0.1, -0.05) is 39.0 Å². The second kappa shape index (κ2) is 4.67. The van der Waals surface area contributed by atoms with Gasteiger partial charge >= 0.3 is 0 Å². The van der Waals surface area contributed by atoms with Crippen molar-refractivity contribution in [3.05, 3.63) is 41.6 Å². The van der Waals surface area contributed by atoms with Crippen LogP contribution in [0.15, 0.2) is 30.3 Å². The van der Waals surface area contributed by atoms with Gasteiger partial charge < -0.3 is 5.43 Å². The maximum atomic E-state index is 5.68. The Morgan fingerprint density at radius 2 is 1.57 bits per heavy atom. The Morgan fingerprint density at radius 3 is 2.24 bits per heavy atom. The fourth-order valence-electron chi connectivity index (χ4n) is 2.60. The van der Waals surface area contributed by atoms with Crippen LogP contribution in [0, 0.1) is 6.92 Å². The van der Waals surface area contributed by atoms with Gasteiger partial charge in [0.2, 0.25) is 0 Å². The summed E-state index contributed by atoms with van der Waals surface area (Å²) in [6.45, 7) is 8.45. The monoisotopic (exact) mass is 280 g/mol. The number of hydrazine groups is 1. The molecule has 3 aromatic rings. The van der Waals surface area contributed by atoms with Crippen molar-refractivity contribution in [3.63, 3.8) is 0 Å². The van der Waals surface area contributed by atoms with Crippen molar-refractivity contribution in [2.75, 3.05) is 5.43 Å². The molecular formula is C17H20N4. The van der Waals surface area contributed by atoms with Gasteiger partial charge in [0.05, 0.1) is 11.0 Å². The molecule has 0 aliphatic carbocycles. The van der Waals surface area contributed by atoms with Gasteiger partial charge in [0.25, 0.3) is 0 Å². The Balaban J connectivity index is 2.42. The summed E-state index contributed by atoms with van der Waals surface area (Å²) < 4.78 is 0. The van der Waals surface area contributed by atoms with Crippen LogP contribution in [0.5, 0.6) is 0 Å². The molecular weight excluding hydrogens is 260 g/mol. The Labute approximate surface area is 124 Å². The zero-order chi connectivity index (χ0) is 15.2. The van der Waals surface area contributed by atoms with E-state index in [-0.39, 0.29) is 5.41 Å². The van der Waals surface area contributed by atoms with Crippen LogP contribution in [0.1, 0.15) is 32.0 Å². The molecule has 0 unspecified atom stereocenters. The number of hydrogen-bond acceptors (Lipinski definition) is 4. The molecule has 0 aliphatic rings. The number of nitrogen functional groups attached to an aromatic ring is 1. The Morgan fingerprint density at radius 1 is 0.952 bits per heavy atom. The zero-order valence-corrected chi connectivity index (χ0v) is 12.9. The minimum atomic E-state index is -0.0299. The first kappa shape index (κ1) is 13.8. The van der Waals surface area contributed by atoms with Crippen LogP contribution in [0.4, 0.5) is 5.82 Å². The third kappa shape index (κ3) is 2.32. The van der Waals surface area contributed by atoms with Crippen LogP contribution in [0.2, 0.25) is 0 Å². The highest BCUT2D eigenvalue weighted by Crippen LogP contribution is 2.32. The molecule has 0 saturated heterocycles. The summed E-state index contributed by atoms with van der Waals surface area (Å²) in [5, 5.41) is 2.18. The molecule has 108 valence electrons. The number of rotatable bonds is 1. The van der Waals surface area contributed by atoms with Crippen molar-refractivity contribution in [1.82, 2.24) is 9.97 Å². The van der Waals surface area contributed by atoms with E-state index in [0.717, 1.165) is 33.1 Å². The summed E-state index contributed by atoms with van der Waals surface area (Å²) in [5.41, 5.74) is 6.60. The van der Waals surface area contributed by atoms with Crippen LogP contribution >= 0.6 is 0 Å². The number of aromatic nitrogens is 2.